The minimum atomic E-state index is -1.05. The van der Waals surface area contributed by atoms with Crippen molar-refractivity contribution in [2.45, 2.75) is 19.9 Å². The molecule has 0 unspecified atom stereocenters. The monoisotopic (exact) mass is 373 g/mol. The van der Waals surface area contributed by atoms with Crippen LogP contribution in [0.2, 0.25) is 0 Å². The van der Waals surface area contributed by atoms with Crippen LogP contribution in [0.15, 0.2) is 42.5 Å². The summed E-state index contributed by atoms with van der Waals surface area (Å²) in [5.41, 5.74) is 1.21. The van der Waals surface area contributed by atoms with Crippen molar-refractivity contribution in [3.63, 3.8) is 0 Å². The van der Waals surface area contributed by atoms with Gasteiger partial charge in [0, 0.05) is 12.6 Å². The van der Waals surface area contributed by atoms with E-state index in [4.69, 9.17) is 19.3 Å². The van der Waals surface area contributed by atoms with Crippen molar-refractivity contribution >= 4 is 11.9 Å². The van der Waals surface area contributed by atoms with E-state index in [1.165, 1.54) is 0 Å². The third-order valence-electron chi connectivity index (χ3n) is 3.61. The molecule has 2 aromatic rings. The van der Waals surface area contributed by atoms with E-state index >= 15 is 0 Å². The number of carboxylic acid groups (broad SMARTS) is 1. The first-order chi connectivity index (χ1) is 13.0. The van der Waals surface area contributed by atoms with E-state index in [-0.39, 0.29) is 12.5 Å². The van der Waals surface area contributed by atoms with Crippen LogP contribution in [-0.2, 0) is 11.3 Å². The highest BCUT2D eigenvalue weighted by Gasteiger charge is 2.14. The minimum Gasteiger partial charge on any atom is -0.497 e. The lowest BCUT2D eigenvalue weighted by molar-refractivity contribution is -0.139. The Morgan fingerprint density at radius 3 is 2.59 bits per heavy atom. The molecular formula is C20H23NO6. The smallest absolute Gasteiger partial charge is 0.341 e. The number of carboxylic acids is 1. The van der Waals surface area contributed by atoms with Gasteiger partial charge in [-0.3, -0.25) is 4.79 Å². The molecule has 0 radical (unpaired) electrons. The summed E-state index contributed by atoms with van der Waals surface area (Å²) >= 11 is 0. The van der Waals surface area contributed by atoms with Crippen molar-refractivity contribution in [2.24, 2.45) is 0 Å². The van der Waals surface area contributed by atoms with E-state index in [0.717, 1.165) is 12.0 Å². The maximum Gasteiger partial charge on any atom is 0.341 e. The first kappa shape index (κ1) is 20.1. The van der Waals surface area contributed by atoms with Crippen molar-refractivity contribution in [3.8, 4) is 17.2 Å². The Morgan fingerprint density at radius 1 is 1.07 bits per heavy atom. The lowest BCUT2D eigenvalue weighted by Crippen LogP contribution is -2.23. The molecule has 0 aliphatic heterocycles. The van der Waals surface area contributed by atoms with E-state index in [2.05, 4.69) is 5.32 Å². The zero-order chi connectivity index (χ0) is 19.6. The Balaban J connectivity index is 2.05. The molecule has 1 amide bonds. The standard InChI is InChI=1S/C20H23NO6/c1-3-9-26-18-11-15(25-2)7-8-17(18)20(24)21-12-14-5-4-6-16(10-14)27-13-19(22)23/h4-8,10-11H,3,9,12-13H2,1-2H3,(H,21,24)(H,22,23). The Morgan fingerprint density at radius 2 is 1.89 bits per heavy atom. The lowest BCUT2D eigenvalue weighted by atomic mass is 10.1. The molecule has 0 heterocycles. The van der Waals surface area contributed by atoms with Crippen LogP contribution in [-0.4, -0.2) is 37.3 Å². The van der Waals surface area contributed by atoms with Gasteiger partial charge in [-0.25, -0.2) is 4.79 Å². The summed E-state index contributed by atoms with van der Waals surface area (Å²) in [6.45, 7) is 2.33. The molecule has 0 aliphatic carbocycles. The Bertz CT molecular complexity index is 790. The van der Waals surface area contributed by atoms with Crippen molar-refractivity contribution in [1.29, 1.82) is 0 Å². The summed E-state index contributed by atoms with van der Waals surface area (Å²) in [4.78, 5) is 23.1. The number of aliphatic carboxylic acids is 1. The number of benzene rings is 2. The fourth-order valence-electron chi connectivity index (χ4n) is 2.32. The number of hydrogen-bond donors (Lipinski definition) is 2. The third-order valence-corrected chi connectivity index (χ3v) is 3.61. The topological polar surface area (TPSA) is 94.1 Å². The van der Waals surface area contributed by atoms with Gasteiger partial charge >= 0.3 is 5.97 Å². The molecule has 2 N–H and O–H groups in total. The zero-order valence-corrected chi connectivity index (χ0v) is 15.4. The number of nitrogens with one attached hydrogen (secondary N) is 1. The first-order valence-electron chi connectivity index (χ1n) is 8.56. The van der Waals surface area contributed by atoms with Crippen LogP contribution in [0.5, 0.6) is 17.2 Å². The van der Waals surface area contributed by atoms with Crippen LogP contribution >= 0.6 is 0 Å². The van der Waals surface area contributed by atoms with Crippen molar-refractivity contribution in [3.05, 3.63) is 53.6 Å². The van der Waals surface area contributed by atoms with Crippen LogP contribution in [0, 0.1) is 0 Å². The van der Waals surface area contributed by atoms with Crippen LogP contribution in [0.3, 0.4) is 0 Å². The molecule has 0 aliphatic rings. The van der Waals surface area contributed by atoms with Gasteiger partial charge in [0.2, 0.25) is 0 Å². The molecule has 0 saturated carbocycles. The summed E-state index contributed by atoms with van der Waals surface area (Å²) < 4.78 is 16.0. The second-order valence-electron chi connectivity index (χ2n) is 5.72. The fourth-order valence-corrected chi connectivity index (χ4v) is 2.32. The van der Waals surface area contributed by atoms with Gasteiger partial charge in [0.05, 0.1) is 19.3 Å². The van der Waals surface area contributed by atoms with Crippen LogP contribution in [0.25, 0.3) is 0 Å². The van der Waals surface area contributed by atoms with Gasteiger partial charge in [0.25, 0.3) is 5.91 Å². The van der Waals surface area contributed by atoms with E-state index in [9.17, 15) is 9.59 Å². The van der Waals surface area contributed by atoms with Crippen molar-refractivity contribution in [1.82, 2.24) is 5.32 Å². The van der Waals surface area contributed by atoms with E-state index in [1.54, 1.807) is 43.5 Å². The van der Waals surface area contributed by atoms with E-state index < -0.39 is 12.6 Å². The second-order valence-corrected chi connectivity index (χ2v) is 5.72. The average Bonchev–Trinajstić information content (AvgIpc) is 2.69. The van der Waals surface area contributed by atoms with Crippen molar-refractivity contribution < 1.29 is 28.9 Å². The van der Waals surface area contributed by atoms with Crippen LogP contribution < -0.4 is 19.5 Å². The number of carbonyl (C=O) groups excluding carboxylic acids is 1. The number of carbonyl (C=O) groups is 2. The highest BCUT2D eigenvalue weighted by molar-refractivity contribution is 5.97. The second kappa shape index (κ2) is 10.1. The maximum absolute atomic E-state index is 12.6. The Kier molecular flexibility index (Phi) is 7.49. The van der Waals surface area contributed by atoms with Gasteiger partial charge in [-0.2, -0.15) is 0 Å². The number of amides is 1. The molecule has 2 rings (SSSR count). The zero-order valence-electron chi connectivity index (χ0n) is 15.4. The highest BCUT2D eigenvalue weighted by Crippen LogP contribution is 2.25. The van der Waals surface area contributed by atoms with Gasteiger partial charge in [-0.1, -0.05) is 19.1 Å². The molecule has 0 atom stereocenters. The van der Waals surface area contributed by atoms with Gasteiger partial charge in [0.15, 0.2) is 6.61 Å². The summed E-state index contributed by atoms with van der Waals surface area (Å²) in [5, 5.41) is 11.5. The molecule has 27 heavy (non-hydrogen) atoms. The molecule has 0 saturated heterocycles. The molecule has 7 heteroatoms. The number of hydrogen-bond acceptors (Lipinski definition) is 5. The first-order valence-corrected chi connectivity index (χ1v) is 8.56. The molecule has 144 valence electrons. The van der Waals surface area contributed by atoms with Crippen LogP contribution in [0.1, 0.15) is 29.3 Å². The summed E-state index contributed by atoms with van der Waals surface area (Å²) in [6, 6.07) is 11.9. The van der Waals surface area contributed by atoms with Crippen molar-refractivity contribution in [2.75, 3.05) is 20.3 Å². The number of rotatable bonds is 10. The summed E-state index contributed by atoms with van der Waals surface area (Å²) in [5.74, 6) is 0.183. The minimum absolute atomic E-state index is 0.266. The molecular weight excluding hydrogens is 350 g/mol. The predicted octanol–water partition coefficient (Wildman–Crippen LogP) is 2.88. The van der Waals surface area contributed by atoms with E-state index in [0.29, 0.717) is 29.4 Å². The number of methoxy groups -OCH3 is 1. The Labute approximate surface area is 157 Å². The Hall–Kier alpha value is -3.22. The molecule has 0 aromatic heterocycles. The summed E-state index contributed by atoms with van der Waals surface area (Å²) in [6.07, 6.45) is 0.821. The predicted molar refractivity (Wildman–Crippen MR) is 99.5 cm³/mol. The highest BCUT2D eigenvalue weighted by atomic mass is 16.5. The maximum atomic E-state index is 12.6. The average molecular weight is 373 g/mol. The van der Waals surface area contributed by atoms with Gasteiger partial charge in [-0.15, -0.1) is 0 Å². The third kappa shape index (κ3) is 6.22. The SMILES string of the molecule is CCCOc1cc(OC)ccc1C(=O)NCc1cccc(OCC(=O)O)c1. The van der Waals surface area contributed by atoms with E-state index in [1.807, 2.05) is 13.0 Å². The normalized spacial score (nSPS) is 10.1. The largest absolute Gasteiger partial charge is 0.497 e. The molecule has 0 fully saturated rings. The van der Waals surface area contributed by atoms with Gasteiger partial charge in [-0.05, 0) is 36.2 Å². The molecule has 0 spiro atoms. The lowest BCUT2D eigenvalue weighted by Gasteiger charge is -2.13. The van der Waals surface area contributed by atoms with Gasteiger partial charge in [0.1, 0.15) is 17.2 Å². The summed E-state index contributed by atoms with van der Waals surface area (Å²) in [7, 11) is 1.55. The quantitative estimate of drug-likeness (QED) is 0.665. The fraction of sp³-hybridized carbons (Fsp3) is 0.300. The molecule has 0 bridgehead atoms. The molecule has 2 aromatic carbocycles. The van der Waals surface area contributed by atoms with Gasteiger partial charge < -0.3 is 24.6 Å². The number of ether oxygens (including phenoxy) is 3. The molecule has 7 nitrogen and oxygen atoms in total. The van der Waals surface area contributed by atoms with Crippen LogP contribution in [0.4, 0.5) is 0 Å².